The maximum absolute atomic E-state index is 11.0. The monoisotopic (exact) mass is 271 g/mol. The van der Waals surface area contributed by atoms with Crippen LogP contribution in [0.4, 0.5) is 11.5 Å². The van der Waals surface area contributed by atoms with Crippen molar-refractivity contribution >= 4 is 17.5 Å². The predicted octanol–water partition coefficient (Wildman–Crippen LogP) is 0.109. The van der Waals surface area contributed by atoms with E-state index >= 15 is 0 Å². The Morgan fingerprint density at radius 1 is 1.53 bits per heavy atom. The van der Waals surface area contributed by atoms with Crippen molar-refractivity contribution in [1.29, 1.82) is 0 Å². The van der Waals surface area contributed by atoms with E-state index in [2.05, 4.69) is 10.3 Å². The van der Waals surface area contributed by atoms with E-state index in [1.807, 2.05) is 0 Å². The zero-order chi connectivity index (χ0) is 14.3. The number of pyridine rings is 1. The number of hydrogen-bond donors (Lipinski definition) is 3. The standard InChI is InChI=1S/C10H13N3O6/c14-2-4-19-3-1-11-9-8(10(15)16)5-7(6-12-9)13(17)18/h5-6,14H,1-4H2,(H,11,12)(H,15,16). The molecule has 0 atom stereocenters. The minimum Gasteiger partial charge on any atom is -0.478 e. The number of aromatic nitrogens is 1. The Bertz CT molecular complexity index is 465. The Morgan fingerprint density at radius 3 is 2.84 bits per heavy atom. The van der Waals surface area contributed by atoms with Gasteiger partial charge in [0.05, 0.1) is 24.7 Å². The summed E-state index contributed by atoms with van der Waals surface area (Å²) in [7, 11) is 0. The van der Waals surface area contributed by atoms with Crippen LogP contribution in [0.5, 0.6) is 0 Å². The molecule has 0 bridgehead atoms. The SMILES string of the molecule is O=C(O)c1cc([N+](=O)[O-])cnc1NCCOCCO. The molecular weight excluding hydrogens is 258 g/mol. The minimum atomic E-state index is -1.31. The van der Waals surface area contributed by atoms with E-state index in [1.165, 1.54) is 0 Å². The van der Waals surface area contributed by atoms with Gasteiger partial charge in [0.25, 0.3) is 5.69 Å². The highest BCUT2D eigenvalue weighted by atomic mass is 16.6. The number of ether oxygens (including phenoxy) is 1. The van der Waals surface area contributed by atoms with E-state index < -0.39 is 10.9 Å². The zero-order valence-electron chi connectivity index (χ0n) is 9.90. The number of rotatable bonds is 8. The Balaban J connectivity index is 2.71. The lowest BCUT2D eigenvalue weighted by molar-refractivity contribution is -0.385. The molecule has 1 rings (SSSR count). The Kier molecular flexibility index (Phi) is 5.64. The molecule has 0 radical (unpaired) electrons. The first-order chi connectivity index (χ1) is 9.06. The van der Waals surface area contributed by atoms with Gasteiger partial charge in [-0.15, -0.1) is 0 Å². The number of anilines is 1. The van der Waals surface area contributed by atoms with Gasteiger partial charge in [-0.2, -0.15) is 0 Å². The van der Waals surface area contributed by atoms with Gasteiger partial charge < -0.3 is 20.3 Å². The summed E-state index contributed by atoms with van der Waals surface area (Å²) < 4.78 is 4.97. The van der Waals surface area contributed by atoms with Gasteiger partial charge in [0, 0.05) is 12.6 Å². The third kappa shape index (κ3) is 4.48. The second-order valence-electron chi connectivity index (χ2n) is 3.41. The topological polar surface area (TPSA) is 135 Å². The molecular formula is C10H13N3O6. The van der Waals surface area contributed by atoms with Gasteiger partial charge in [-0.05, 0) is 0 Å². The van der Waals surface area contributed by atoms with Crippen molar-refractivity contribution in [2.45, 2.75) is 0 Å². The number of aliphatic hydroxyl groups excluding tert-OH is 1. The van der Waals surface area contributed by atoms with Crippen molar-refractivity contribution in [3.05, 3.63) is 27.9 Å². The zero-order valence-corrected chi connectivity index (χ0v) is 9.90. The molecule has 9 nitrogen and oxygen atoms in total. The summed E-state index contributed by atoms with van der Waals surface area (Å²) in [5.74, 6) is -1.28. The molecule has 19 heavy (non-hydrogen) atoms. The number of hydrogen-bond acceptors (Lipinski definition) is 7. The fourth-order valence-corrected chi connectivity index (χ4v) is 1.27. The van der Waals surface area contributed by atoms with Gasteiger partial charge in [0.1, 0.15) is 17.6 Å². The van der Waals surface area contributed by atoms with Crippen LogP contribution >= 0.6 is 0 Å². The molecule has 3 N–H and O–H groups in total. The van der Waals surface area contributed by atoms with Crippen molar-refractivity contribution in [3.8, 4) is 0 Å². The molecule has 0 saturated carbocycles. The van der Waals surface area contributed by atoms with E-state index in [9.17, 15) is 14.9 Å². The van der Waals surface area contributed by atoms with Crippen molar-refractivity contribution in [3.63, 3.8) is 0 Å². The average Bonchev–Trinajstić information content (AvgIpc) is 2.38. The molecule has 0 aliphatic carbocycles. The Morgan fingerprint density at radius 2 is 2.26 bits per heavy atom. The molecule has 0 fully saturated rings. The van der Waals surface area contributed by atoms with Gasteiger partial charge >= 0.3 is 5.97 Å². The number of carbonyl (C=O) groups is 1. The fourth-order valence-electron chi connectivity index (χ4n) is 1.27. The summed E-state index contributed by atoms with van der Waals surface area (Å²) in [6.45, 7) is 0.598. The molecule has 1 heterocycles. The van der Waals surface area contributed by atoms with Crippen LogP contribution in [-0.2, 0) is 4.74 Å². The quantitative estimate of drug-likeness (QED) is 0.344. The molecule has 0 unspecified atom stereocenters. The first kappa shape index (κ1) is 14.8. The molecule has 9 heteroatoms. The van der Waals surface area contributed by atoms with Crippen LogP contribution in [0, 0.1) is 10.1 Å². The smallest absolute Gasteiger partial charge is 0.339 e. The first-order valence-electron chi connectivity index (χ1n) is 5.36. The molecule has 0 aromatic carbocycles. The average molecular weight is 271 g/mol. The van der Waals surface area contributed by atoms with Crippen LogP contribution < -0.4 is 5.32 Å². The second-order valence-corrected chi connectivity index (χ2v) is 3.41. The highest BCUT2D eigenvalue weighted by Gasteiger charge is 2.17. The molecule has 104 valence electrons. The van der Waals surface area contributed by atoms with Crippen LogP contribution in [0.15, 0.2) is 12.3 Å². The number of nitro groups is 1. The number of carboxylic acids is 1. The van der Waals surface area contributed by atoms with Crippen LogP contribution in [0.3, 0.4) is 0 Å². The van der Waals surface area contributed by atoms with Gasteiger partial charge in [0.2, 0.25) is 0 Å². The summed E-state index contributed by atoms with van der Waals surface area (Å²) >= 11 is 0. The lowest BCUT2D eigenvalue weighted by Crippen LogP contribution is -2.15. The van der Waals surface area contributed by atoms with Gasteiger partial charge in [-0.25, -0.2) is 9.78 Å². The Hall–Kier alpha value is -2.26. The largest absolute Gasteiger partial charge is 0.478 e. The maximum atomic E-state index is 11.0. The molecule has 0 aliphatic heterocycles. The van der Waals surface area contributed by atoms with Gasteiger partial charge in [-0.1, -0.05) is 0 Å². The van der Waals surface area contributed by atoms with Crippen LogP contribution in [0.2, 0.25) is 0 Å². The maximum Gasteiger partial charge on any atom is 0.339 e. The lowest BCUT2D eigenvalue weighted by Gasteiger charge is -2.08. The van der Waals surface area contributed by atoms with Crippen molar-refractivity contribution in [2.75, 3.05) is 31.7 Å². The van der Waals surface area contributed by atoms with E-state index in [1.54, 1.807) is 0 Å². The normalized spacial score (nSPS) is 10.2. The summed E-state index contributed by atoms with van der Waals surface area (Å²) in [5.41, 5.74) is -0.671. The van der Waals surface area contributed by atoms with Crippen LogP contribution in [0.1, 0.15) is 10.4 Å². The van der Waals surface area contributed by atoms with E-state index in [0.717, 1.165) is 12.3 Å². The number of aliphatic hydroxyl groups is 1. The van der Waals surface area contributed by atoms with Gasteiger partial charge in [-0.3, -0.25) is 10.1 Å². The molecule has 0 spiro atoms. The van der Waals surface area contributed by atoms with Gasteiger partial charge in [0.15, 0.2) is 0 Å². The van der Waals surface area contributed by atoms with E-state index in [-0.39, 0.29) is 43.4 Å². The predicted molar refractivity (Wildman–Crippen MR) is 64.2 cm³/mol. The molecule has 1 aromatic rings. The fraction of sp³-hybridized carbons (Fsp3) is 0.400. The van der Waals surface area contributed by atoms with Crippen molar-refractivity contribution in [1.82, 2.24) is 4.98 Å². The second kappa shape index (κ2) is 7.24. The van der Waals surface area contributed by atoms with Crippen LogP contribution in [-0.4, -0.2) is 52.5 Å². The summed E-state index contributed by atoms with van der Waals surface area (Å²) in [5, 5.41) is 30.7. The third-order valence-corrected chi connectivity index (χ3v) is 2.09. The third-order valence-electron chi connectivity index (χ3n) is 2.09. The summed E-state index contributed by atoms with van der Waals surface area (Å²) in [4.78, 5) is 24.5. The highest BCUT2D eigenvalue weighted by molar-refractivity contribution is 5.93. The number of aromatic carboxylic acids is 1. The van der Waals surface area contributed by atoms with E-state index in [4.69, 9.17) is 14.9 Å². The summed E-state index contributed by atoms with van der Waals surface area (Å²) in [6, 6.07) is 0.937. The van der Waals surface area contributed by atoms with Crippen LogP contribution in [0.25, 0.3) is 0 Å². The molecule has 0 saturated heterocycles. The molecule has 1 aromatic heterocycles. The van der Waals surface area contributed by atoms with Crippen molar-refractivity contribution < 1.29 is 24.7 Å². The lowest BCUT2D eigenvalue weighted by atomic mass is 10.2. The first-order valence-corrected chi connectivity index (χ1v) is 5.36. The van der Waals surface area contributed by atoms with Crippen molar-refractivity contribution in [2.24, 2.45) is 0 Å². The molecule has 0 aliphatic rings. The molecule has 0 amide bonds. The highest BCUT2D eigenvalue weighted by Crippen LogP contribution is 2.18. The summed E-state index contributed by atoms with van der Waals surface area (Å²) in [6.07, 6.45) is 0.976. The number of carboxylic acid groups (broad SMARTS) is 1. The number of nitrogens with zero attached hydrogens (tertiary/aromatic N) is 2. The Labute approximate surface area is 108 Å². The van der Waals surface area contributed by atoms with E-state index in [0.29, 0.717) is 0 Å². The minimum absolute atomic E-state index is 0.0331. The number of nitrogens with one attached hydrogen (secondary N) is 1.